The molecule has 6 N–H and O–H groups in total. The normalized spacial score (nSPS) is 52.5. The molecule has 5 aliphatic rings. The van der Waals surface area contributed by atoms with Crippen LogP contribution in [0.15, 0.2) is 27.6 Å². The van der Waals surface area contributed by atoms with Crippen LogP contribution in [0.3, 0.4) is 0 Å². The Labute approximate surface area is 233 Å². The van der Waals surface area contributed by atoms with Crippen molar-refractivity contribution in [2.24, 2.45) is 22.7 Å². The number of fused-ring (bicyclic) bond motifs is 5. The molecular formula is C30H44O10. The van der Waals surface area contributed by atoms with E-state index in [2.05, 4.69) is 6.92 Å². The first-order valence-corrected chi connectivity index (χ1v) is 14.9. The molecule has 40 heavy (non-hydrogen) atoms. The van der Waals surface area contributed by atoms with Crippen LogP contribution in [0.2, 0.25) is 0 Å². The number of hydrogen-bond acceptors (Lipinski definition) is 10. The maximum absolute atomic E-state index is 12.4. The largest absolute Gasteiger partial charge is 0.431 e. The van der Waals surface area contributed by atoms with E-state index < -0.39 is 64.5 Å². The first-order valence-electron chi connectivity index (χ1n) is 14.9. The van der Waals surface area contributed by atoms with Crippen LogP contribution in [0.5, 0.6) is 0 Å². The molecule has 2 heterocycles. The second kappa shape index (κ2) is 9.84. The zero-order chi connectivity index (χ0) is 28.7. The molecule has 5 fully saturated rings. The highest BCUT2D eigenvalue weighted by Crippen LogP contribution is 2.71. The average Bonchev–Trinajstić information content (AvgIpc) is 3.21. The van der Waals surface area contributed by atoms with Crippen molar-refractivity contribution in [1.29, 1.82) is 0 Å². The summed E-state index contributed by atoms with van der Waals surface area (Å²) in [6.07, 6.45) is 0.344. The molecule has 10 nitrogen and oxygen atoms in total. The lowest BCUT2D eigenvalue weighted by Gasteiger charge is -2.66. The summed E-state index contributed by atoms with van der Waals surface area (Å²) in [6, 6.07) is 3.24. The van der Waals surface area contributed by atoms with Crippen LogP contribution >= 0.6 is 0 Å². The van der Waals surface area contributed by atoms with E-state index in [0.717, 1.165) is 24.8 Å². The Morgan fingerprint density at radius 3 is 2.40 bits per heavy atom. The molecule has 1 aromatic heterocycles. The maximum atomic E-state index is 12.4. The minimum absolute atomic E-state index is 0.0519. The fourth-order valence-electron chi connectivity index (χ4n) is 9.85. The van der Waals surface area contributed by atoms with Crippen LogP contribution in [0.4, 0.5) is 0 Å². The number of aliphatic hydroxyl groups is 6. The molecule has 0 amide bonds. The standard InChI is InChI=1S/C30H44O10/c1-16-23(33)24(34)25(35)26(39-16)40-18-5-10-28(15-31)20-6-9-27(2)19(17-3-4-22(32)38-14-17)8-12-30(27,37)21(20)7-11-29(28,36)13-18/h3-4,14,16,18-21,23-26,31,33-37H,5-13,15H2,1-2H3/t16-,18-,19+,20-,21+,23-,24+,25+,26-,27+,28-,29-,30-/m0/s1. The number of aliphatic hydroxyl groups excluding tert-OH is 4. The molecule has 4 saturated carbocycles. The Kier molecular flexibility index (Phi) is 7.07. The van der Waals surface area contributed by atoms with E-state index in [1.54, 1.807) is 6.92 Å². The first kappa shape index (κ1) is 28.7. The van der Waals surface area contributed by atoms with Crippen LogP contribution in [-0.4, -0.2) is 85.3 Å². The summed E-state index contributed by atoms with van der Waals surface area (Å²) in [4.78, 5) is 11.6. The van der Waals surface area contributed by atoms with E-state index in [1.165, 1.54) is 12.3 Å². The topological polar surface area (TPSA) is 170 Å². The monoisotopic (exact) mass is 564 g/mol. The van der Waals surface area contributed by atoms with Crippen molar-refractivity contribution < 1.29 is 44.5 Å². The molecule has 0 bridgehead atoms. The fraction of sp³-hybridized carbons (Fsp3) is 0.833. The third-order valence-electron chi connectivity index (χ3n) is 12.2. The van der Waals surface area contributed by atoms with Crippen molar-refractivity contribution in [2.45, 2.75) is 126 Å². The highest BCUT2D eigenvalue weighted by Gasteiger charge is 2.71. The minimum atomic E-state index is -1.42. The van der Waals surface area contributed by atoms with Crippen molar-refractivity contribution in [3.63, 3.8) is 0 Å². The van der Waals surface area contributed by atoms with Crippen molar-refractivity contribution >= 4 is 0 Å². The molecular weight excluding hydrogens is 520 g/mol. The zero-order valence-corrected chi connectivity index (χ0v) is 23.3. The lowest BCUT2D eigenvalue weighted by Crippen LogP contribution is -2.69. The fourth-order valence-corrected chi connectivity index (χ4v) is 9.85. The first-order chi connectivity index (χ1) is 18.9. The quantitative estimate of drug-likeness (QED) is 0.292. The van der Waals surface area contributed by atoms with Gasteiger partial charge >= 0.3 is 5.63 Å². The molecule has 0 unspecified atom stereocenters. The second-order valence-electron chi connectivity index (χ2n) is 13.6. The summed E-state index contributed by atoms with van der Waals surface area (Å²) in [7, 11) is 0. The van der Waals surface area contributed by atoms with Gasteiger partial charge in [0.15, 0.2) is 6.29 Å². The lowest BCUT2D eigenvalue weighted by atomic mass is 9.41. The van der Waals surface area contributed by atoms with Crippen LogP contribution in [0.25, 0.3) is 0 Å². The molecule has 0 spiro atoms. The van der Waals surface area contributed by atoms with E-state index >= 15 is 0 Å². The van der Waals surface area contributed by atoms with Gasteiger partial charge in [-0.05, 0) is 87.7 Å². The SMILES string of the molecule is C[C@@H]1O[C@@H](O[C@H]2CC[C@]3(CO)[C@H]4CC[C@]5(C)[C@@H](c6ccc(=O)oc6)CC[C@]5(O)[C@@H]4CC[C@]3(O)C2)[C@H](O)[C@H](O)[C@H]1O. The molecule has 1 aliphatic heterocycles. The molecule has 224 valence electrons. The van der Waals surface area contributed by atoms with Gasteiger partial charge in [0.1, 0.15) is 18.3 Å². The minimum Gasteiger partial charge on any atom is -0.431 e. The van der Waals surface area contributed by atoms with Crippen LogP contribution in [0, 0.1) is 22.7 Å². The predicted octanol–water partition coefficient (Wildman–Crippen LogP) is 1.18. The highest BCUT2D eigenvalue weighted by atomic mass is 16.7. The Hall–Kier alpha value is -1.37. The van der Waals surface area contributed by atoms with E-state index in [4.69, 9.17) is 13.9 Å². The third kappa shape index (κ3) is 3.94. The van der Waals surface area contributed by atoms with Crippen LogP contribution < -0.4 is 5.63 Å². The summed E-state index contributed by atoms with van der Waals surface area (Å²) in [5.74, 6) is -0.106. The second-order valence-corrected chi connectivity index (χ2v) is 13.6. The van der Waals surface area contributed by atoms with E-state index in [9.17, 15) is 35.4 Å². The molecule has 10 heteroatoms. The van der Waals surface area contributed by atoms with E-state index in [1.807, 2.05) is 6.07 Å². The highest BCUT2D eigenvalue weighted by molar-refractivity contribution is 5.28. The van der Waals surface area contributed by atoms with Crippen molar-refractivity contribution in [1.82, 2.24) is 0 Å². The van der Waals surface area contributed by atoms with Crippen LogP contribution in [-0.2, 0) is 9.47 Å². The molecule has 1 aromatic rings. The summed E-state index contributed by atoms with van der Waals surface area (Å²) in [5.41, 5.74) is -2.87. The van der Waals surface area contributed by atoms with Gasteiger partial charge in [-0.25, -0.2) is 4.79 Å². The van der Waals surface area contributed by atoms with Crippen molar-refractivity contribution in [2.75, 3.05) is 6.61 Å². The molecule has 0 radical (unpaired) electrons. The number of hydrogen-bond donors (Lipinski definition) is 6. The van der Waals surface area contributed by atoms with E-state index in [0.29, 0.717) is 32.1 Å². The van der Waals surface area contributed by atoms with Gasteiger partial charge < -0.3 is 44.5 Å². The van der Waals surface area contributed by atoms with Gasteiger partial charge in [0.05, 0.1) is 36.3 Å². The molecule has 6 rings (SSSR count). The molecule has 0 aromatic carbocycles. The molecule has 13 atom stereocenters. The van der Waals surface area contributed by atoms with Crippen molar-refractivity contribution in [3.8, 4) is 0 Å². The Morgan fingerprint density at radius 1 is 0.950 bits per heavy atom. The number of rotatable bonds is 4. The maximum Gasteiger partial charge on any atom is 0.335 e. The van der Waals surface area contributed by atoms with Gasteiger partial charge in [0, 0.05) is 23.3 Å². The predicted molar refractivity (Wildman–Crippen MR) is 141 cm³/mol. The number of ether oxygens (including phenoxy) is 2. The summed E-state index contributed by atoms with van der Waals surface area (Å²) in [5, 5.41) is 66.2. The Morgan fingerprint density at radius 2 is 1.70 bits per heavy atom. The van der Waals surface area contributed by atoms with Gasteiger partial charge in [-0.3, -0.25) is 0 Å². The smallest absolute Gasteiger partial charge is 0.335 e. The van der Waals surface area contributed by atoms with E-state index in [-0.39, 0.29) is 30.8 Å². The average molecular weight is 565 g/mol. The summed E-state index contributed by atoms with van der Waals surface area (Å²) in [6.45, 7) is 3.55. The molecule has 4 aliphatic carbocycles. The van der Waals surface area contributed by atoms with Gasteiger partial charge in [0.25, 0.3) is 0 Å². The summed E-state index contributed by atoms with van der Waals surface area (Å²) < 4.78 is 16.9. The lowest BCUT2D eigenvalue weighted by molar-refractivity contribution is -0.322. The van der Waals surface area contributed by atoms with Crippen LogP contribution in [0.1, 0.15) is 83.1 Å². The molecule has 1 saturated heterocycles. The third-order valence-corrected chi connectivity index (χ3v) is 12.2. The van der Waals surface area contributed by atoms with Gasteiger partial charge in [0.2, 0.25) is 0 Å². The van der Waals surface area contributed by atoms with Crippen molar-refractivity contribution in [3.05, 3.63) is 34.4 Å². The zero-order valence-electron chi connectivity index (χ0n) is 23.3. The summed E-state index contributed by atoms with van der Waals surface area (Å²) >= 11 is 0. The Bertz CT molecular complexity index is 1140. The van der Waals surface area contributed by atoms with Gasteiger partial charge in [-0.1, -0.05) is 6.92 Å². The van der Waals surface area contributed by atoms with Gasteiger partial charge in [-0.2, -0.15) is 0 Å². The Balaban J connectivity index is 1.23. The van der Waals surface area contributed by atoms with Gasteiger partial charge in [-0.15, -0.1) is 0 Å².